The third kappa shape index (κ3) is 4.21. The zero-order valence-corrected chi connectivity index (χ0v) is 18.2. The Hall–Kier alpha value is -3.48. The second kappa shape index (κ2) is 7.98. The number of dihydropyridines is 1. The van der Waals surface area contributed by atoms with Crippen molar-refractivity contribution >= 4 is 28.6 Å². The van der Waals surface area contributed by atoms with E-state index in [1.165, 1.54) is 0 Å². The van der Waals surface area contributed by atoms with Crippen molar-refractivity contribution in [2.75, 3.05) is 24.2 Å². The van der Waals surface area contributed by atoms with Crippen molar-refractivity contribution < 1.29 is 9.59 Å². The number of Topliss-reactive ketones (excluding diaryl/α,β-unsaturated/α-hetero) is 1. The van der Waals surface area contributed by atoms with Crippen LogP contribution < -0.4 is 16.5 Å². The van der Waals surface area contributed by atoms with Gasteiger partial charge >= 0.3 is 0 Å². The first-order valence-electron chi connectivity index (χ1n) is 10.5. The number of carbonyl (C=O) groups excluding carboxylic acids is 2. The molecule has 0 radical (unpaired) electrons. The summed E-state index contributed by atoms with van der Waals surface area (Å²) in [6, 6.07) is 9.71. The Morgan fingerprint density at radius 1 is 1.19 bits per heavy atom. The van der Waals surface area contributed by atoms with E-state index in [1.807, 2.05) is 69.5 Å². The van der Waals surface area contributed by atoms with E-state index in [0.717, 1.165) is 17.0 Å². The minimum absolute atomic E-state index is 0.0344. The van der Waals surface area contributed by atoms with Crippen LogP contribution in [-0.4, -0.2) is 34.4 Å². The molecule has 0 fully saturated rings. The number of aromatic nitrogens is 1. The molecule has 4 rings (SSSR count). The predicted molar refractivity (Wildman–Crippen MR) is 123 cm³/mol. The number of anilines is 2. The molecule has 7 heteroatoms. The number of hydrogen-bond acceptors (Lipinski definition) is 5. The molecule has 31 heavy (non-hydrogen) atoms. The summed E-state index contributed by atoms with van der Waals surface area (Å²) in [6.45, 7) is 7.10. The van der Waals surface area contributed by atoms with Gasteiger partial charge in [0, 0.05) is 24.2 Å². The SMILES string of the molecule is CC(C)(C)CC(=O)N1CC(=O)c2c(Nc3ccccc3)c(C3=CCNC=C3)n(N)c2C1. The normalized spacial score (nSPS) is 15.9. The van der Waals surface area contributed by atoms with Crippen LogP contribution in [0.5, 0.6) is 0 Å². The fourth-order valence-electron chi connectivity index (χ4n) is 4.03. The average Bonchev–Trinajstić information content (AvgIpc) is 3.00. The molecule has 1 amide bonds. The molecule has 2 aliphatic heterocycles. The number of fused-ring (bicyclic) bond motifs is 1. The van der Waals surface area contributed by atoms with Gasteiger partial charge in [0.25, 0.3) is 0 Å². The summed E-state index contributed by atoms with van der Waals surface area (Å²) in [6.07, 6.45) is 6.22. The molecule has 0 bridgehead atoms. The molecule has 2 aromatic rings. The van der Waals surface area contributed by atoms with Crippen molar-refractivity contribution in [2.24, 2.45) is 5.41 Å². The molecule has 1 aromatic heterocycles. The largest absolute Gasteiger partial charge is 0.387 e. The number of carbonyl (C=O) groups is 2. The summed E-state index contributed by atoms with van der Waals surface area (Å²) in [4.78, 5) is 27.7. The maximum Gasteiger partial charge on any atom is 0.223 e. The van der Waals surface area contributed by atoms with Gasteiger partial charge < -0.3 is 21.4 Å². The van der Waals surface area contributed by atoms with E-state index in [0.29, 0.717) is 36.5 Å². The second-order valence-electron chi connectivity index (χ2n) is 9.22. The number of amides is 1. The number of benzene rings is 1. The maximum atomic E-state index is 13.3. The van der Waals surface area contributed by atoms with Crippen LogP contribution in [0.3, 0.4) is 0 Å². The highest BCUT2D eigenvalue weighted by atomic mass is 16.2. The monoisotopic (exact) mass is 419 g/mol. The Balaban J connectivity index is 1.78. The molecular weight excluding hydrogens is 390 g/mol. The first kappa shape index (κ1) is 20.8. The maximum absolute atomic E-state index is 13.3. The van der Waals surface area contributed by atoms with Crippen molar-refractivity contribution in [1.29, 1.82) is 0 Å². The molecular formula is C24H29N5O2. The van der Waals surface area contributed by atoms with Gasteiger partial charge in [0.15, 0.2) is 5.78 Å². The van der Waals surface area contributed by atoms with Crippen LogP contribution in [0, 0.1) is 5.41 Å². The second-order valence-corrected chi connectivity index (χ2v) is 9.22. The summed E-state index contributed by atoms with van der Waals surface area (Å²) in [5.41, 5.74) is 4.29. The van der Waals surface area contributed by atoms with E-state index in [2.05, 4.69) is 10.6 Å². The Labute approximate surface area is 182 Å². The number of nitrogens with two attached hydrogens (primary N) is 1. The Kier molecular flexibility index (Phi) is 5.35. The van der Waals surface area contributed by atoms with Crippen molar-refractivity contribution in [3.8, 4) is 0 Å². The highest BCUT2D eigenvalue weighted by molar-refractivity contribution is 6.09. The molecule has 2 aliphatic rings. The number of nitrogens with one attached hydrogen (secondary N) is 2. The average molecular weight is 420 g/mol. The zero-order chi connectivity index (χ0) is 22.2. The van der Waals surface area contributed by atoms with E-state index in [4.69, 9.17) is 5.84 Å². The van der Waals surface area contributed by atoms with Crippen LogP contribution in [0.4, 0.5) is 11.4 Å². The van der Waals surface area contributed by atoms with E-state index in [9.17, 15) is 9.59 Å². The van der Waals surface area contributed by atoms with Crippen LogP contribution in [0.1, 0.15) is 48.9 Å². The van der Waals surface area contributed by atoms with Crippen molar-refractivity contribution in [3.05, 3.63) is 65.6 Å². The number of nitrogen functional groups attached to an aromatic ring is 1. The van der Waals surface area contributed by atoms with Gasteiger partial charge in [-0.15, -0.1) is 0 Å². The molecule has 4 N–H and O–H groups in total. The van der Waals surface area contributed by atoms with Crippen molar-refractivity contribution in [3.63, 3.8) is 0 Å². The van der Waals surface area contributed by atoms with Crippen LogP contribution in [0.25, 0.3) is 5.57 Å². The van der Waals surface area contributed by atoms with Gasteiger partial charge in [0.1, 0.15) is 0 Å². The predicted octanol–water partition coefficient (Wildman–Crippen LogP) is 3.41. The summed E-state index contributed by atoms with van der Waals surface area (Å²) < 4.78 is 1.57. The molecule has 0 unspecified atom stereocenters. The molecule has 0 aliphatic carbocycles. The van der Waals surface area contributed by atoms with Crippen LogP contribution in [-0.2, 0) is 11.3 Å². The lowest BCUT2D eigenvalue weighted by atomic mass is 9.91. The fourth-order valence-corrected chi connectivity index (χ4v) is 4.03. The van der Waals surface area contributed by atoms with Crippen molar-refractivity contribution in [1.82, 2.24) is 14.9 Å². The minimum Gasteiger partial charge on any atom is -0.387 e. The van der Waals surface area contributed by atoms with E-state index in [1.54, 1.807) is 9.58 Å². The summed E-state index contributed by atoms with van der Waals surface area (Å²) in [5.74, 6) is 6.41. The molecule has 3 heterocycles. The van der Waals surface area contributed by atoms with Gasteiger partial charge in [-0.2, -0.15) is 0 Å². The third-order valence-electron chi connectivity index (χ3n) is 5.43. The first-order chi connectivity index (χ1) is 14.7. The highest BCUT2D eigenvalue weighted by Crippen LogP contribution is 2.38. The number of allylic oxidation sites excluding steroid dienone is 2. The van der Waals surface area contributed by atoms with Crippen molar-refractivity contribution in [2.45, 2.75) is 33.7 Å². The lowest BCUT2D eigenvalue weighted by molar-refractivity contribution is -0.133. The number of rotatable bonds is 4. The summed E-state index contributed by atoms with van der Waals surface area (Å²) in [5, 5.41) is 6.55. The van der Waals surface area contributed by atoms with Crippen LogP contribution in [0.2, 0.25) is 0 Å². The number of para-hydroxylation sites is 1. The third-order valence-corrected chi connectivity index (χ3v) is 5.43. The standard InChI is InChI=1S/C24H29N5O2/c1-24(2,3)13-20(31)28-14-18-21(19(30)15-28)22(27-17-7-5-4-6-8-17)23(29(18)25)16-9-11-26-12-10-16/h4-11,26-27H,12-15,25H2,1-3H3. The quantitative estimate of drug-likeness (QED) is 0.661. The summed E-state index contributed by atoms with van der Waals surface area (Å²) >= 11 is 0. The molecule has 7 nitrogen and oxygen atoms in total. The molecule has 0 atom stereocenters. The first-order valence-corrected chi connectivity index (χ1v) is 10.5. The van der Waals surface area contributed by atoms with Gasteiger partial charge in [0.05, 0.1) is 35.7 Å². The zero-order valence-electron chi connectivity index (χ0n) is 18.2. The smallest absolute Gasteiger partial charge is 0.223 e. The molecule has 0 saturated heterocycles. The topological polar surface area (TPSA) is 92.4 Å². The Morgan fingerprint density at radius 2 is 1.94 bits per heavy atom. The lowest BCUT2D eigenvalue weighted by Crippen LogP contribution is -2.41. The molecule has 1 aromatic carbocycles. The molecule has 0 spiro atoms. The van der Waals surface area contributed by atoms with E-state index in [-0.39, 0.29) is 23.7 Å². The number of hydrogen-bond donors (Lipinski definition) is 3. The highest BCUT2D eigenvalue weighted by Gasteiger charge is 2.36. The van der Waals surface area contributed by atoms with E-state index >= 15 is 0 Å². The van der Waals surface area contributed by atoms with Gasteiger partial charge in [-0.25, -0.2) is 0 Å². The van der Waals surface area contributed by atoms with Crippen LogP contribution in [0.15, 0.2) is 48.7 Å². The Bertz CT molecular complexity index is 1070. The number of ketones is 1. The molecule has 162 valence electrons. The van der Waals surface area contributed by atoms with Gasteiger partial charge in [0.2, 0.25) is 5.91 Å². The molecule has 0 saturated carbocycles. The number of nitrogens with zero attached hydrogens (tertiary/aromatic N) is 2. The van der Waals surface area contributed by atoms with Gasteiger partial charge in [-0.1, -0.05) is 45.0 Å². The van der Waals surface area contributed by atoms with Gasteiger partial charge in [-0.05, 0) is 29.8 Å². The minimum atomic E-state index is -0.152. The van der Waals surface area contributed by atoms with Crippen LogP contribution >= 0.6 is 0 Å². The van der Waals surface area contributed by atoms with E-state index < -0.39 is 0 Å². The Morgan fingerprint density at radius 3 is 2.58 bits per heavy atom. The fraction of sp³-hybridized carbons (Fsp3) is 0.333. The van der Waals surface area contributed by atoms with Gasteiger partial charge in [-0.3, -0.25) is 14.3 Å². The summed E-state index contributed by atoms with van der Waals surface area (Å²) in [7, 11) is 0. The lowest BCUT2D eigenvalue weighted by Gasteiger charge is -2.29.